The highest BCUT2D eigenvalue weighted by Crippen LogP contribution is 2.41. The molecule has 1 fully saturated rings. The van der Waals surface area contributed by atoms with Crippen LogP contribution in [-0.4, -0.2) is 54.2 Å². The standard InChI is InChI=1S/C12H12FN5O4/c1-2-12(13)7(20)5(3-19)22-10(12)18-4-15-6-8(18)16-11(14)17-9(6)21/h1,4-5,7,10,19-20H,3H2,(H3,14,16,17,21)/t5-,7?,10-,12+/m1/s1. The number of alkyl halides is 1. The Hall–Kier alpha value is -2.48. The number of H-pyrrole nitrogens is 1. The molecule has 0 saturated carbocycles. The van der Waals surface area contributed by atoms with Gasteiger partial charge in [-0.15, -0.1) is 6.42 Å². The van der Waals surface area contributed by atoms with E-state index >= 15 is 0 Å². The molecule has 22 heavy (non-hydrogen) atoms. The van der Waals surface area contributed by atoms with Crippen molar-refractivity contribution < 1.29 is 19.3 Å². The zero-order valence-electron chi connectivity index (χ0n) is 11.1. The van der Waals surface area contributed by atoms with Gasteiger partial charge < -0.3 is 20.7 Å². The van der Waals surface area contributed by atoms with Gasteiger partial charge in [0.25, 0.3) is 5.56 Å². The van der Waals surface area contributed by atoms with Gasteiger partial charge in [-0.2, -0.15) is 4.98 Å². The van der Waals surface area contributed by atoms with Gasteiger partial charge in [0, 0.05) is 0 Å². The van der Waals surface area contributed by atoms with Crippen LogP contribution in [0.1, 0.15) is 6.23 Å². The molecule has 0 aliphatic carbocycles. The first-order chi connectivity index (χ1) is 10.4. The fraction of sp³-hybridized carbons (Fsp3) is 0.417. The number of nitrogen functional groups attached to an aromatic ring is 1. The van der Waals surface area contributed by atoms with Crippen molar-refractivity contribution in [3.63, 3.8) is 0 Å². The summed E-state index contributed by atoms with van der Waals surface area (Å²) in [6.07, 6.45) is 1.81. The number of nitrogens with two attached hydrogens (primary N) is 1. The second kappa shape index (κ2) is 4.77. The minimum absolute atomic E-state index is 0.0469. The van der Waals surface area contributed by atoms with Gasteiger partial charge in [-0.3, -0.25) is 14.3 Å². The van der Waals surface area contributed by atoms with Crippen LogP contribution in [0.3, 0.4) is 0 Å². The highest BCUT2D eigenvalue weighted by Gasteiger charge is 2.57. The quantitative estimate of drug-likeness (QED) is 0.484. The average molecular weight is 309 g/mol. The predicted molar refractivity (Wildman–Crippen MR) is 72.2 cm³/mol. The number of aromatic amines is 1. The Morgan fingerprint density at radius 3 is 3.05 bits per heavy atom. The van der Waals surface area contributed by atoms with Crippen LogP contribution in [0.15, 0.2) is 11.1 Å². The van der Waals surface area contributed by atoms with E-state index in [1.54, 1.807) is 0 Å². The number of aliphatic hydroxyl groups excluding tert-OH is 2. The molecule has 5 N–H and O–H groups in total. The van der Waals surface area contributed by atoms with Crippen LogP contribution in [0.25, 0.3) is 11.2 Å². The number of ether oxygens (including phenoxy) is 1. The largest absolute Gasteiger partial charge is 0.394 e. The zero-order valence-corrected chi connectivity index (χ0v) is 11.1. The zero-order chi connectivity index (χ0) is 16.1. The molecule has 1 unspecified atom stereocenters. The first-order valence-corrected chi connectivity index (χ1v) is 6.25. The number of rotatable bonds is 2. The number of hydrogen-bond donors (Lipinski definition) is 4. The van der Waals surface area contributed by atoms with Gasteiger partial charge >= 0.3 is 0 Å². The van der Waals surface area contributed by atoms with Crippen molar-refractivity contribution in [2.75, 3.05) is 12.3 Å². The maximum atomic E-state index is 14.9. The Bertz CT molecular complexity index is 827. The van der Waals surface area contributed by atoms with Crippen LogP contribution in [0, 0.1) is 12.3 Å². The van der Waals surface area contributed by atoms with E-state index in [1.807, 2.05) is 5.92 Å². The average Bonchev–Trinajstić information content (AvgIpc) is 3.00. The van der Waals surface area contributed by atoms with Gasteiger partial charge in [0.2, 0.25) is 11.6 Å². The van der Waals surface area contributed by atoms with E-state index < -0.39 is 36.3 Å². The van der Waals surface area contributed by atoms with Crippen LogP contribution in [0.2, 0.25) is 0 Å². The van der Waals surface area contributed by atoms with Crippen LogP contribution < -0.4 is 11.3 Å². The molecule has 4 atom stereocenters. The van der Waals surface area contributed by atoms with Crippen molar-refractivity contribution in [2.45, 2.75) is 24.1 Å². The number of imidazole rings is 1. The molecule has 10 heteroatoms. The summed E-state index contributed by atoms with van der Waals surface area (Å²) < 4.78 is 21.3. The normalized spacial score (nSPS) is 31.5. The number of nitrogens with zero attached hydrogens (tertiary/aromatic N) is 3. The highest BCUT2D eigenvalue weighted by atomic mass is 19.1. The van der Waals surface area contributed by atoms with Crippen molar-refractivity contribution in [1.29, 1.82) is 0 Å². The highest BCUT2D eigenvalue weighted by molar-refractivity contribution is 5.70. The third-order valence-corrected chi connectivity index (χ3v) is 3.55. The van der Waals surface area contributed by atoms with Gasteiger partial charge in [-0.1, -0.05) is 5.92 Å². The lowest BCUT2D eigenvalue weighted by Gasteiger charge is -2.23. The minimum atomic E-state index is -2.62. The van der Waals surface area contributed by atoms with Crippen molar-refractivity contribution in [3.05, 3.63) is 16.7 Å². The molecular formula is C12H12FN5O4. The summed E-state index contributed by atoms with van der Waals surface area (Å²) in [5.41, 5.74) is 2.10. The van der Waals surface area contributed by atoms with Gasteiger partial charge in [0.1, 0.15) is 12.2 Å². The van der Waals surface area contributed by atoms with Crippen LogP contribution in [0.5, 0.6) is 0 Å². The first-order valence-electron chi connectivity index (χ1n) is 6.25. The van der Waals surface area contributed by atoms with E-state index in [0.29, 0.717) is 0 Å². The van der Waals surface area contributed by atoms with E-state index in [1.165, 1.54) is 0 Å². The second-order valence-corrected chi connectivity index (χ2v) is 4.84. The molecule has 0 aromatic carbocycles. The summed E-state index contributed by atoms with van der Waals surface area (Å²) in [4.78, 5) is 21.7. The number of halogens is 1. The fourth-order valence-electron chi connectivity index (χ4n) is 2.44. The molecule has 3 rings (SSSR count). The van der Waals surface area contributed by atoms with Crippen molar-refractivity contribution >= 4 is 17.1 Å². The van der Waals surface area contributed by atoms with Gasteiger partial charge in [0.15, 0.2) is 17.4 Å². The molecule has 116 valence electrons. The molecule has 0 bridgehead atoms. The Morgan fingerprint density at radius 1 is 1.68 bits per heavy atom. The Morgan fingerprint density at radius 2 is 2.41 bits per heavy atom. The van der Waals surface area contributed by atoms with Crippen molar-refractivity contribution in [2.24, 2.45) is 0 Å². The SMILES string of the molecule is C#C[C@]1(F)C(O)[C@@H](CO)O[C@H]1n1cnc2c(=O)[nH]c(N)nc21. The maximum absolute atomic E-state index is 14.9. The summed E-state index contributed by atoms with van der Waals surface area (Å²) in [5, 5.41) is 19.1. The molecule has 1 saturated heterocycles. The predicted octanol–water partition coefficient (Wildman–Crippen LogP) is -1.71. The number of aromatic nitrogens is 4. The summed E-state index contributed by atoms with van der Waals surface area (Å²) >= 11 is 0. The van der Waals surface area contributed by atoms with E-state index in [2.05, 4.69) is 15.0 Å². The lowest BCUT2D eigenvalue weighted by molar-refractivity contribution is -0.0504. The third kappa shape index (κ3) is 1.80. The lowest BCUT2D eigenvalue weighted by atomic mass is 9.97. The molecule has 9 nitrogen and oxygen atoms in total. The third-order valence-electron chi connectivity index (χ3n) is 3.55. The minimum Gasteiger partial charge on any atom is -0.394 e. The topological polar surface area (TPSA) is 139 Å². The lowest BCUT2D eigenvalue weighted by Crippen LogP contribution is -2.42. The molecular weight excluding hydrogens is 297 g/mol. The monoisotopic (exact) mass is 309 g/mol. The molecule has 2 aromatic heterocycles. The van der Waals surface area contributed by atoms with E-state index in [0.717, 1.165) is 10.9 Å². The number of anilines is 1. The molecule has 0 radical (unpaired) electrons. The van der Waals surface area contributed by atoms with Crippen molar-refractivity contribution in [3.8, 4) is 12.3 Å². The first kappa shape index (κ1) is 14.5. The van der Waals surface area contributed by atoms with E-state index in [4.69, 9.17) is 22.0 Å². The van der Waals surface area contributed by atoms with Gasteiger partial charge in [0.05, 0.1) is 12.9 Å². The number of nitrogens with one attached hydrogen (secondary N) is 1. The number of fused-ring (bicyclic) bond motifs is 1. The maximum Gasteiger partial charge on any atom is 0.280 e. The molecule has 3 heterocycles. The molecule has 0 amide bonds. The Balaban J connectivity index is 2.19. The second-order valence-electron chi connectivity index (χ2n) is 4.84. The fourth-order valence-corrected chi connectivity index (χ4v) is 2.44. The van der Waals surface area contributed by atoms with Crippen LogP contribution in [-0.2, 0) is 4.74 Å². The summed E-state index contributed by atoms with van der Waals surface area (Å²) in [5.74, 6) is 1.65. The van der Waals surface area contributed by atoms with Crippen LogP contribution >= 0.6 is 0 Å². The molecule has 2 aromatic rings. The molecule has 0 spiro atoms. The summed E-state index contributed by atoms with van der Waals surface area (Å²) in [6.45, 7) is -0.631. The molecule has 1 aliphatic heterocycles. The van der Waals surface area contributed by atoms with Gasteiger partial charge in [-0.25, -0.2) is 9.37 Å². The number of terminal acetylenes is 1. The Kier molecular flexibility index (Phi) is 3.13. The van der Waals surface area contributed by atoms with E-state index in [-0.39, 0.29) is 17.1 Å². The van der Waals surface area contributed by atoms with Crippen LogP contribution in [0.4, 0.5) is 10.3 Å². The summed E-state index contributed by atoms with van der Waals surface area (Å²) in [7, 11) is 0. The molecule has 1 aliphatic rings. The number of aliphatic hydroxyl groups is 2. The summed E-state index contributed by atoms with van der Waals surface area (Å²) in [6, 6.07) is 0. The van der Waals surface area contributed by atoms with Gasteiger partial charge in [-0.05, 0) is 0 Å². The smallest absolute Gasteiger partial charge is 0.280 e. The van der Waals surface area contributed by atoms with Crippen molar-refractivity contribution in [1.82, 2.24) is 19.5 Å². The Labute approximate surface area is 122 Å². The van der Waals surface area contributed by atoms with E-state index in [9.17, 15) is 14.3 Å². The number of hydrogen-bond acceptors (Lipinski definition) is 7.